The van der Waals surface area contributed by atoms with Gasteiger partial charge in [0.15, 0.2) is 0 Å². The molecule has 1 aromatic carbocycles. The second-order valence-electron chi connectivity index (χ2n) is 5.07. The predicted molar refractivity (Wildman–Crippen MR) is 79.2 cm³/mol. The van der Waals surface area contributed by atoms with E-state index >= 15 is 0 Å². The standard InChI is InChI=1S/C15H21N3/c1-11-7-8-16-15-6-5-13(9-14(11)15)12(2)17-10-18(3)4/h5-6,9-11,16H,2,7-8H2,1,3-4H3. The zero-order valence-corrected chi connectivity index (χ0v) is 11.4. The zero-order valence-electron chi connectivity index (χ0n) is 11.4. The first kappa shape index (κ1) is 12.7. The molecule has 1 atom stereocenters. The maximum atomic E-state index is 4.35. The Kier molecular flexibility index (Phi) is 3.70. The summed E-state index contributed by atoms with van der Waals surface area (Å²) < 4.78 is 0. The van der Waals surface area contributed by atoms with Crippen LogP contribution in [-0.2, 0) is 0 Å². The summed E-state index contributed by atoms with van der Waals surface area (Å²) in [5, 5.41) is 3.43. The molecule has 1 aliphatic rings. The van der Waals surface area contributed by atoms with Crippen LogP contribution in [-0.4, -0.2) is 31.9 Å². The van der Waals surface area contributed by atoms with Crippen molar-refractivity contribution in [3.63, 3.8) is 0 Å². The average Bonchev–Trinajstić information content (AvgIpc) is 2.36. The van der Waals surface area contributed by atoms with Crippen LogP contribution in [0.25, 0.3) is 5.70 Å². The van der Waals surface area contributed by atoms with E-state index < -0.39 is 0 Å². The molecular formula is C15H21N3. The lowest BCUT2D eigenvalue weighted by atomic mass is 9.91. The van der Waals surface area contributed by atoms with E-state index in [-0.39, 0.29) is 0 Å². The Bertz CT molecular complexity index is 475. The highest BCUT2D eigenvalue weighted by Crippen LogP contribution is 2.33. The second kappa shape index (κ2) is 5.25. The Morgan fingerprint density at radius 1 is 1.50 bits per heavy atom. The molecule has 1 aromatic rings. The summed E-state index contributed by atoms with van der Waals surface area (Å²) in [7, 11) is 3.91. The third kappa shape index (κ3) is 2.73. The van der Waals surface area contributed by atoms with E-state index in [9.17, 15) is 0 Å². The van der Waals surface area contributed by atoms with E-state index in [4.69, 9.17) is 0 Å². The van der Waals surface area contributed by atoms with Crippen molar-refractivity contribution in [1.29, 1.82) is 0 Å². The number of fused-ring (bicyclic) bond motifs is 1. The smallest absolute Gasteiger partial charge is 0.0907 e. The second-order valence-corrected chi connectivity index (χ2v) is 5.07. The number of rotatable bonds is 3. The molecule has 0 saturated heterocycles. The molecule has 0 spiro atoms. The lowest BCUT2D eigenvalue weighted by molar-refractivity contribution is 0.643. The van der Waals surface area contributed by atoms with Crippen molar-refractivity contribution in [2.45, 2.75) is 19.3 Å². The molecule has 1 aliphatic heterocycles. The van der Waals surface area contributed by atoms with Crippen molar-refractivity contribution >= 4 is 17.7 Å². The fourth-order valence-electron chi connectivity index (χ4n) is 2.15. The molecule has 1 heterocycles. The van der Waals surface area contributed by atoms with Crippen molar-refractivity contribution in [3.8, 4) is 0 Å². The predicted octanol–water partition coefficient (Wildman–Crippen LogP) is 3.17. The number of anilines is 1. The number of nitrogens with zero attached hydrogens (tertiary/aromatic N) is 2. The molecule has 2 rings (SSSR count). The van der Waals surface area contributed by atoms with Gasteiger partial charge >= 0.3 is 0 Å². The maximum absolute atomic E-state index is 4.35. The fraction of sp³-hybridized carbons (Fsp3) is 0.400. The normalized spacial score (nSPS) is 18.3. The van der Waals surface area contributed by atoms with Crippen LogP contribution in [0.5, 0.6) is 0 Å². The van der Waals surface area contributed by atoms with Gasteiger partial charge in [0.1, 0.15) is 0 Å². The van der Waals surface area contributed by atoms with E-state index in [0.29, 0.717) is 5.92 Å². The minimum absolute atomic E-state index is 0.604. The molecule has 0 bridgehead atoms. The molecule has 0 amide bonds. The van der Waals surface area contributed by atoms with E-state index in [2.05, 4.69) is 42.0 Å². The summed E-state index contributed by atoms with van der Waals surface area (Å²) in [6.45, 7) is 7.36. The van der Waals surface area contributed by atoms with Gasteiger partial charge in [0, 0.05) is 26.3 Å². The highest BCUT2D eigenvalue weighted by Gasteiger charge is 2.16. The van der Waals surface area contributed by atoms with Gasteiger partial charge in [-0.05, 0) is 35.6 Å². The first-order valence-corrected chi connectivity index (χ1v) is 6.35. The van der Waals surface area contributed by atoms with E-state index in [1.54, 1.807) is 6.34 Å². The van der Waals surface area contributed by atoms with Crippen LogP contribution in [0.1, 0.15) is 30.4 Å². The SMILES string of the molecule is C=C(N=CN(C)C)c1ccc2c(c1)C(C)CCN2. The molecular weight excluding hydrogens is 222 g/mol. The lowest BCUT2D eigenvalue weighted by Gasteiger charge is -2.24. The van der Waals surface area contributed by atoms with Crippen LogP contribution < -0.4 is 5.32 Å². The fourth-order valence-corrected chi connectivity index (χ4v) is 2.15. The topological polar surface area (TPSA) is 27.6 Å². The molecule has 1 unspecified atom stereocenters. The van der Waals surface area contributed by atoms with Crippen LogP contribution in [0.4, 0.5) is 5.69 Å². The molecule has 96 valence electrons. The van der Waals surface area contributed by atoms with Crippen molar-refractivity contribution in [3.05, 3.63) is 35.9 Å². The molecule has 0 aromatic heterocycles. The molecule has 3 nitrogen and oxygen atoms in total. The van der Waals surface area contributed by atoms with E-state index in [0.717, 1.165) is 17.8 Å². The largest absolute Gasteiger partial charge is 0.385 e. The summed E-state index contributed by atoms with van der Waals surface area (Å²) in [5.41, 5.74) is 4.54. The minimum Gasteiger partial charge on any atom is -0.385 e. The summed E-state index contributed by atoms with van der Waals surface area (Å²) >= 11 is 0. The van der Waals surface area contributed by atoms with Crippen LogP contribution in [0, 0.1) is 0 Å². The molecule has 0 radical (unpaired) electrons. The van der Waals surface area contributed by atoms with Crippen molar-refractivity contribution in [2.24, 2.45) is 4.99 Å². The molecule has 3 heteroatoms. The first-order chi connectivity index (χ1) is 8.58. The molecule has 0 fully saturated rings. The van der Waals surface area contributed by atoms with E-state index in [1.165, 1.54) is 17.7 Å². The zero-order chi connectivity index (χ0) is 13.1. The molecule has 0 saturated carbocycles. The van der Waals surface area contributed by atoms with Gasteiger partial charge < -0.3 is 10.2 Å². The Labute approximate surface area is 109 Å². The van der Waals surface area contributed by atoms with E-state index in [1.807, 2.05) is 19.0 Å². The number of aliphatic imine (C=N–C) groups is 1. The van der Waals surface area contributed by atoms with Gasteiger partial charge in [0.25, 0.3) is 0 Å². The van der Waals surface area contributed by atoms with Crippen LogP contribution in [0.15, 0.2) is 29.8 Å². The Morgan fingerprint density at radius 2 is 2.28 bits per heavy atom. The Morgan fingerprint density at radius 3 is 3.00 bits per heavy atom. The number of nitrogens with one attached hydrogen (secondary N) is 1. The van der Waals surface area contributed by atoms with Crippen LogP contribution in [0.3, 0.4) is 0 Å². The Hall–Kier alpha value is -1.77. The average molecular weight is 243 g/mol. The highest BCUT2D eigenvalue weighted by atomic mass is 15.1. The number of hydrogen-bond donors (Lipinski definition) is 1. The third-order valence-corrected chi connectivity index (χ3v) is 3.25. The molecule has 0 aliphatic carbocycles. The number of hydrogen-bond acceptors (Lipinski definition) is 2. The van der Waals surface area contributed by atoms with Gasteiger partial charge in [-0.1, -0.05) is 19.6 Å². The summed E-state index contributed by atoms with van der Waals surface area (Å²) in [4.78, 5) is 6.26. The maximum Gasteiger partial charge on any atom is 0.0907 e. The monoisotopic (exact) mass is 243 g/mol. The summed E-state index contributed by atoms with van der Waals surface area (Å²) in [6.07, 6.45) is 2.97. The lowest BCUT2D eigenvalue weighted by Crippen LogP contribution is -2.15. The summed E-state index contributed by atoms with van der Waals surface area (Å²) in [6, 6.07) is 6.43. The quantitative estimate of drug-likeness (QED) is 0.652. The van der Waals surface area contributed by atoms with Crippen LogP contribution >= 0.6 is 0 Å². The van der Waals surface area contributed by atoms with Gasteiger partial charge in [0.2, 0.25) is 0 Å². The minimum atomic E-state index is 0.604. The molecule has 1 N–H and O–H groups in total. The molecule has 18 heavy (non-hydrogen) atoms. The van der Waals surface area contributed by atoms with Gasteiger partial charge in [0.05, 0.1) is 12.0 Å². The number of benzene rings is 1. The Balaban J connectivity index is 2.25. The van der Waals surface area contributed by atoms with Crippen molar-refractivity contribution in [2.75, 3.05) is 26.0 Å². The summed E-state index contributed by atoms with van der Waals surface area (Å²) in [5.74, 6) is 0.604. The highest BCUT2D eigenvalue weighted by molar-refractivity contribution is 5.73. The van der Waals surface area contributed by atoms with Crippen molar-refractivity contribution in [1.82, 2.24) is 4.90 Å². The van der Waals surface area contributed by atoms with Crippen molar-refractivity contribution < 1.29 is 0 Å². The third-order valence-electron chi connectivity index (χ3n) is 3.25. The van der Waals surface area contributed by atoms with Gasteiger partial charge in [-0.25, -0.2) is 4.99 Å². The van der Waals surface area contributed by atoms with Gasteiger partial charge in [-0.2, -0.15) is 0 Å². The first-order valence-electron chi connectivity index (χ1n) is 6.35. The van der Waals surface area contributed by atoms with Gasteiger partial charge in [-0.15, -0.1) is 0 Å². The van der Waals surface area contributed by atoms with Gasteiger partial charge in [-0.3, -0.25) is 0 Å². The van der Waals surface area contributed by atoms with Crippen LogP contribution in [0.2, 0.25) is 0 Å².